The third-order valence-electron chi connectivity index (χ3n) is 15.6. The average Bonchev–Trinajstić information content (AvgIpc) is 4.52. The number of carbonyl (C=O) groups is 2. The van der Waals surface area contributed by atoms with Crippen molar-refractivity contribution in [2.75, 3.05) is 0 Å². The van der Waals surface area contributed by atoms with Crippen LogP contribution in [0.1, 0.15) is 235 Å². The molecule has 6 nitrogen and oxygen atoms in total. The summed E-state index contributed by atoms with van der Waals surface area (Å²) in [5.41, 5.74) is 22.8. The molecule has 0 radical (unpaired) electrons. The third-order valence-corrected chi connectivity index (χ3v) is 23.8. The Morgan fingerprint density at radius 2 is 0.671 bits per heavy atom. The Labute approximate surface area is 501 Å². The summed E-state index contributed by atoms with van der Waals surface area (Å²) in [6.07, 6.45) is 34.2. The number of primary amides is 2. The van der Waals surface area contributed by atoms with Gasteiger partial charge < -0.3 is 11.5 Å². The number of nitrogens with zero attached hydrogens (tertiary/aromatic N) is 2. The summed E-state index contributed by atoms with van der Waals surface area (Å²) in [6, 6.07) is 17.4. The van der Waals surface area contributed by atoms with Gasteiger partial charge in [0.05, 0.1) is 22.9 Å². The molecule has 4 N–H and O–H groups in total. The lowest BCUT2D eigenvalue weighted by Crippen LogP contribution is -2.11. The number of hydrogen-bond acceptors (Lipinski definition) is 11. The van der Waals surface area contributed by atoms with Gasteiger partial charge in [0, 0.05) is 69.7 Å². The van der Waals surface area contributed by atoms with Gasteiger partial charge in [-0.3, -0.25) is 9.59 Å². The number of aryl methyl sites for hydroxylation is 2. The van der Waals surface area contributed by atoms with Crippen LogP contribution in [-0.4, -0.2) is 20.6 Å². The molecule has 0 bridgehead atoms. The minimum atomic E-state index is -0.451. The molecule has 7 heterocycles. The van der Waals surface area contributed by atoms with Crippen molar-refractivity contribution in [3.8, 4) is 59.9 Å². The Hall–Kier alpha value is -3.82. The molecule has 424 valence electrons. The van der Waals surface area contributed by atoms with Crippen LogP contribution in [-0.2, 0) is 25.7 Å². The second-order valence-electron chi connectivity index (χ2n) is 21.9. The summed E-state index contributed by atoms with van der Waals surface area (Å²) < 4.78 is 9.94. The quantitative estimate of drug-likeness (QED) is 0.0381. The van der Waals surface area contributed by atoms with Crippen molar-refractivity contribution in [3.05, 3.63) is 91.7 Å². The second kappa shape index (κ2) is 31.0. The summed E-state index contributed by atoms with van der Waals surface area (Å²) in [4.78, 5) is 41.9. The van der Waals surface area contributed by atoms with Crippen LogP contribution in [0.3, 0.4) is 0 Å². The Morgan fingerprint density at radius 1 is 0.367 bits per heavy atom. The maximum atomic E-state index is 13.7. The van der Waals surface area contributed by atoms with E-state index in [9.17, 15) is 9.59 Å². The number of thiophene rings is 6. The van der Waals surface area contributed by atoms with E-state index in [1.54, 1.807) is 22.7 Å². The van der Waals surface area contributed by atoms with E-state index in [1.807, 2.05) is 45.3 Å². The molecule has 8 rings (SSSR count). The largest absolute Gasteiger partial charge is 0.366 e. The Morgan fingerprint density at radius 3 is 0.962 bits per heavy atom. The fourth-order valence-electron chi connectivity index (χ4n) is 11.3. The first-order valence-electron chi connectivity index (χ1n) is 30.1. The van der Waals surface area contributed by atoms with E-state index in [0.29, 0.717) is 22.2 Å². The lowest BCUT2D eigenvalue weighted by molar-refractivity contribution is 0.0993. The molecule has 8 aromatic rings. The van der Waals surface area contributed by atoms with Gasteiger partial charge in [-0.25, -0.2) is 0 Å². The summed E-state index contributed by atoms with van der Waals surface area (Å²) >= 11 is 12.1. The van der Waals surface area contributed by atoms with Crippen molar-refractivity contribution in [3.63, 3.8) is 0 Å². The van der Waals surface area contributed by atoms with Gasteiger partial charge in [0.15, 0.2) is 0 Å². The van der Waals surface area contributed by atoms with E-state index in [1.165, 1.54) is 203 Å². The fraction of sp³-hybridized carbons (Fsp3) is 0.515. The number of amides is 2. The summed E-state index contributed by atoms with van der Waals surface area (Å²) in [5.74, 6) is -0.902. The van der Waals surface area contributed by atoms with E-state index in [2.05, 4.69) is 90.1 Å². The highest BCUT2D eigenvalue weighted by molar-refractivity contribution is 7.28. The van der Waals surface area contributed by atoms with Crippen LogP contribution in [0.25, 0.3) is 70.9 Å². The van der Waals surface area contributed by atoms with Crippen LogP contribution in [0.15, 0.2) is 48.5 Å². The number of benzene rings is 1. The van der Waals surface area contributed by atoms with Crippen LogP contribution >= 0.6 is 79.7 Å². The molecule has 0 atom stereocenters. The number of hydrogen-bond donors (Lipinski definition) is 2. The monoisotopic (exact) mass is 1190 g/mol. The number of nitrogens with two attached hydrogens (primary N) is 2. The number of aromatic nitrogens is 2. The molecule has 7 aromatic heterocycles. The molecule has 13 heteroatoms. The van der Waals surface area contributed by atoms with Crippen LogP contribution in [0, 0.1) is 13.8 Å². The topological polar surface area (TPSA) is 112 Å². The van der Waals surface area contributed by atoms with E-state index in [0.717, 1.165) is 80.9 Å². The van der Waals surface area contributed by atoms with E-state index in [4.69, 9.17) is 20.2 Å². The van der Waals surface area contributed by atoms with Crippen molar-refractivity contribution in [2.45, 2.75) is 221 Å². The van der Waals surface area contributed by atoms with Crippen molar-refractivity contribution in [1.29, 1.82) is 0 Å². The molecule has 0 aliphatic rings. The average molecular weight is 1190 g/mol. The first kappa shape index (κ1) is 61.3. The molecule has 0 saturated heterocycles. The molecule has 0 unspecified atom stereocenters. The molecule has 0 aliphatic carbocycles. The van der Waals surface area contributed by atoms with E-state index >= 15 is 0 Å². The van der Waals surface area contributed by atoms with Crippen LogP contribution < -0.4 is 11.5 Å². The molecule has 79 heavy (non-hydrogen) atoms. The summed E-state index contributed by atoms with van der Waals surface area (Å²) in [6.45, 7) is 13.5. The van der Waals surface area contributed by atoms with Gasteiger partial charge in [-0.2, -0.15) is 8.75 Å². The minimum absolute atomic E-state index is 0.451. The lowest BCUT2D eigenvalue weighted by Gasteiger charge is -2.10. The van der Waals surface area contributed by atoms with Gasteiger partial charge in [-0.15, -0.1) is 68.0 Å². The standard InChI is InChI=1S/C66H86N4O2S7/c1-7-11-15-19-23-27-31-45-47(33-29-25-21-17-13-9-3)63(77-61(45)53-39-35-43(5)73-53)55-41-51(65(67)71)59(75-55)49-37-38-50(58-57(49)69-79-70-58)60-52(66(68)72)42-56(76-60)64-48(34-30-26-22-18-14-10-4)46(32-28-24-20-16-12-8-2)62(78-64)54-40-36-44(6)74-54/h35-42H,7-34H2,1-6H3,(H2,67,71)(H2,68,72). The van der Waals surface area contributed by atoms with Crippen LogP contribution in [0.4, 0.5) is 0 Å². The van der Waals surface area contributed by atoms with Gasteiger partial charge >= 0.3 is 0 Å². The molecular formula is C66H86N4O2S7. The van der Waals surface area contributed by atoms with Gasteiger partial charge in [-0.05, 0) is 124 Å². The third kappa shape index (κ3) is 15.6. The number of rotatable bonds is 36. The van der Waals surface area contributed by atoms with Crippen LogP contribution in [0.2, 0.25) is 0 Å². The SMILES string of the molecule is CCCCCCCCc1c(-c2ccc(C)s2)sc(-c2cc(C(N)=O)c(-c3ccc(-c4sc(-c5sc(-c6ccc(C)s6)c(CCCCCCCC)c5CCCCCCCC)cc4C(N)=O)c4nsnc34)s2)c1CCCCCCCC. The highest BCUT2D eigenvalue weighted by Gasteiger charge is 2.29. The summed E-state index contributed by atoms with van der Waals surface area (Å²) in [7, 11) is 0. The number of fused-ring (bicyclic) bond motifs is 1. The highest BCUT2D eigenvalue weighted by Crippen LogP contribution is 2.53. The van der Waals surface area contributed by atoms with Crippen molar-refractivity contribution in [2.24, 2.45) is 11.5 Å². The Kier molecular flexibility index (Phi) is 24.0. The van der Waals surface area contributed by atoms with E-state index < -0.39 is 11.8 Å². The van der Waals surface area contributed by atoms with Crippen molar-refractivity contribution >= 4 is 103 Å². The fourth-order valence-corrected chi connectivity index (χ4v) is 19.3. The molecule has 0 saturated carbocycles. The number of unbranched alkanes of at least 4 members (excludes halogenated alkanes) is 20. The van der Waals surface area contributed by atoms with Gasteiger partial charge in [0.1, 0.15) is 11.0 Å². The predicted molar refractivity (Wildman–Crippen MR) is 352 cm³/mol. The van der Waals surface area contributed by atoms with E-state index in [-0.39, 0.29) is 0 Å². The molecule has 0 fully saturated rings. The van der Waals surface area contributed by atoms with Gasteiger partial charge in [0.25, 0.3) is 0 Å². The first-order chi connectivity index (χ1) is 38.6. The molecular weight excluding hydrogens is 1110 g/mol. The van der Waals surface area contributed by atoms with Crippen molar-refractivity contribution < 1.29 is 9.59 Å². The van der Waals surface area contributed by atoms with Gasteiger partial charge in [-0.1, -0.05) is 168 Å². The normalized spacial score (nSPS) is 11.8. The Balaban J connectivity index is 1.20. The van der Waals surface area contributed by atoms with Crippen LogP contribution in [0.5, 0.6) is 0 Å². The zero-order chi connectivity index (χ0) is 55.7. The zero-order valence-electron chi connectivity index (χ0n) is 48.1. The lowest BCUT2D eigenvalue weighted by atomic mass is 9.95. The molecule has 0 aliphatic heterocycles. The predicted octanol–water partition coefficient (Wildman–Crippen LogP) is 22.5. The maximum Gasteiger partial charge on any atom is 0.250 e. The van der Waals surface area contributed by atoms with Crippen molar-refractivity contribution in [1.82, 2.24) is 8.75 Å². The summed E-state index contributed by atoms with van der Waals surface area (Å²) in [5, 5.41) is 0. The molecule has 0 spiro atoms. The van der Waals surface area contributed by atoms with Gasteiger partial charge in [0.2, 0.25) is 11.8 Å². The smallest absolute Gasteiger partial charge is 0.250 e. The zero-order valence-corrected chi connectivity index (χ0v) is 53.9. The second-order valence-corrected chi connectivity index (χ2v) is 29.1. The molecule has 1 aromatic carbocycles. The number of carbonyl (C=O) groups excluding carboxylic acids is 2. The maximum absolute atomic E-state index is 13.7. The highest BCUT2D eigenvalue weighted by atomic mass is 32.1. The molecule has 2 amide bonds. The first-order valence-corrected chi connectivity index (χ1v) is 35.8. The minimum Gasteiger partial charge on any atom is -0.366 e. The Bertz CT molecular complexity index is 3000.